The van der Waals surface area contributed by atoms with Gasteiger partial charge in [-0.1, -0.05) is 19.1 Å². The van der Waals surface area contributed by atoms with E-state index in [1.165, 1.54) is 12.1 Å². The lowest BCUT2D eigenvalue weighted by Crippen LogP contribution is -2.49. The van der Waals surface area contributed by atoms with Crippen LogP contribution in [0.3, 0.4) is 0 Å². The van der Waals surface area contributed by atoms with Gasteiger partial charge in [-0.3, -0.25) is 14.8 Å². The van der Waals surface area contributed by atoms with E-state index in [4.69, 9.17) is 4.98 Å². The molecule has 0 bridgehead atoms. The second kappa shape index (κ2) is 9.44. The molecule has 7 nitrogen and oxygen atoms in total. The number of hydrogen-bond donors (Lipinski definition) is 0. The van der Waals surface area contributed by atoms with E-state index in [-0.39, 0.29) is 17.8 Å². The zero-order valence-electron chi connectivity index (χ0n) is 19.4. The zero-order valence-corrected chi connectivity index (χ0v) is 19.4. The maximum absolute atomic E-state index is 13.7. The third-order valence-electron chi connectivity index (χ3n) is 7.05. The summed E-state index contributed by atoms with van der Waals surface area (Å²) in [6, 6.07) is 8.29. The number of hydrogen-bond acceptors (Lipinski definition) is 6. The fraction of sp³-hybridized carbons (Fsp3) is 0.423. The molecule has 5 rings (SSSR count). The molecule has 1 amide bonds. The average Bonchev–Trinajstić information content (AvgIpc) is 3.35. The molecule has 176 valence electrons. The van der Waals surface area contributed by atoms with E-state index in [0.717, 1.165) is 68.2 Å². The number of carbonyl (C=O) groups excluding carboxylic acids is 1. The fourth-order valence-electron chi connectivity index (χ4n) is 5.06. The first-order chi connectivity index (χ1) is 16.5. The van der Waals surface area contributed by atoms with Crippen LogP contribution in [0.5, 0.6) is 0 Å². The Labute approximate surface area is 199 Å². The van der Waals surface area contributed by atoms with Gasteiger partial charge in [0.25, 0.3) is 0 Å². The average molecular weight is 461 g/mol. The summed E-state index contributed by atoms with van der Waals surface area (Å²) in [5.41, 5.74) is 2.04. The molecular formula is C26H29FN6O. The highest BCUT2D eigenvalue weighted by molar-refractivity contribution is 5.83. The zero-order chi connectivity index (χ0) is 23.5. The van der Waals surface area contributed by atoms with Gasteiger partial charge in [-0.25, -0.2) is 14.4 Å². The summed E-state index contributed by atoms with van der Waals surface area (Å²) in [7, 11) is 0. The number of likely N-dealkylation sites (tertiary alicyclic amines) is 1. The molecule has 34 heavy (non-hydrogen) atoms. The summed E-state index contributed by atoms with van der Waals surface area (Å²) in [4.78, 5) is 35.8. The standard InChI is InChI=1S/C26H29FN6O/c1-26(8-13-32(14-9-26)25-29-10-4-11-30-25)24(34)33-12-3-7-23(33)22-18-28-17-21(31-22)16-19-5-2-6-20(27)15-19/h2,4-6,10-11,15,17-18,23H,3,7-9,12-14,16H2,1H3. The lowest BCUT2D eigenvalue weighted by molar-refractivity contribution is -0.143. The molecule has 2 fully saturated rings. The minimum atomic E-state index is -0.416. The first kappa shape index (κ1) is 22.4. The molecule has 0 radical (unpaired) electrons. The van der Waals surface area contributed by atoms with E-state index in [1.807, 2.05) is 17.0 Å². The third kappa shape index (κ3) is 4.62. The normalized spacial score (nSPS) is 19.9. The first-order valence-electron chi connectivity index (χ1n) is 11.9. The van der Waals surface area contributed by atoms with Crippen molar-refractivity contribution in [1.82, 2.24) is 24.8 Å². The topological polar surface area (TPSA) is 75.1 Å². The molecule has 1 aromatic carbocycles. The summed E-state index contributed by atoms with van der Waals surface area (Å²) in [6.07, 6.45) is 10.8. The number of carbonyl (C=O) groups is 1. The van der Waals surface area contributed by atoms with Crippen LogP contribution in [0.2, 0.25) is 0 Å². The van der Waals surface area contributed by atoms with Crippen molar-refractivity contribution in [2.75, 3.05) is 24.5 Å². The summed E-state index contributed by atoms with van der Waals surface area (Å²) in [6.45, 7) is 4.34. The Bertz CT molecular complexity index is 1150. The molecule has 1 unspecified atom stereocenters. The van der Waals surface area contributed by atoms with Gasteiger partial charge in [0.1, 0.15) is 5.82 Å². The maximum Gasteiger partial charge on any atom is 0.229 e. The van der Waals surface area contributed by atoms with E-state index < -0.39 is 5.41 Å². The number of benzene rings is 1. The van der Waals surface area contributed by atoms with Crippen LogP contribution in [-0.2, 0) is 11.2 Å². The Morgan fingerprint density at radius 1 is 1.12 bits per heavy atom. The van der Waals surface area contributed by atoms with Gasteiger partial charge in [0, 0.05) is 50.1 Å². The summed E-state index contributed by atoms with van der Waals surface area (Å²) >= 11 is 0. The third-order valence-corrected chi connectivity index (χ3v) is 7.05. The second-order valence-corrected chi connectivity index (χ2v) is 9.50. The number of nitrogens with zero attached hydrogens (tertiary/aromatic N) is 6. The number of aromatic nitrogens is 4. The predicted octanol–water partition coefficient (Wildman–Crippen LogP) is 3.97. The van der Waals surface area contributed by atoms with Gasteiger partial charge in [-0.05, 0) is 49.4 Å². The second-order valence-electron chi connectivity index (χ2n) is 9.50. The quantitative estimate of drug-likeness (QED) is 0.574. The van der Waals surface area contributed by atoms with Crippen LogP contribution in [0.25, 0.3) is 0 Å². The van der Waals surface area contributed by atoms with Crippen LogP contribution in [-0.4, -0.2) is 50.4 Å². The minimum absolute atomic E-state index is 0.0697. The highest BCUT2D eigenvalue weighted by Crippen LogP contribution is 2.39. The monoisotopic (exact) mass is 460 g/mol. The molecule has 4 heterocycles. The number of amides is 1. The van der Waals surface area contributed by atoms with Crippen molar-refractivity contribution in [1.29, 1.82) is 0 Å². The van der Waals surface area contributed by atoms with Crippen molar-refractivity contribution in [2.24, 2.45) is 5.41 Å². The van der Waals surface area contributed by atoms with E-state index in [2.05, 4.69) is 26.8 Å². The van der Waals surface area contributed by atoms with Crippen molar-refractivity contribution in [3.8, 4) is 0 Å². The van der Waals surface area contributed by atoms with Gasteiger partial charge < -0.3 is 9.80 Å². The Balaban J connectivity index is 1.29. The molecule has 1 atom stereocenters. The molecule has 2 aliphatic rings. The van der Waals surface area contributed by atoms with E-state index in [1.54, 1.807) is 30.9 Å². The summed E-state index contributed by atoms with van der Waals surface area (Å²) in [5.74, 6) is 0.662. The molecule has 0 saturated carbocycles. The first-order valence-corrected chi connectivity index (χ1v) is 11.9. The lowest BCUT2D eigenvalue weighted by atomic mass is 9.79. The van der Waals surface area contributed by atoms with E-state index >= 15 is 0 Å². The van der Waals surface area contributed by atoms with Crippen molar-refractivity contribution in [3.05, 3.63) is 77.9 Å². The molecule has 8 heteroatoms. The lowest BCUT2D eigenvalue weighted by Gasteiger charge is -2.41. The fourth-order valence-corrected chi connectivity index (χ4v) is 5.06. The molecule has 0 spiro atoms. The molecule has 3 aromatic rings. The van der Waals surface area contributed by atoms with Crippen LogP contribution in [0.4, 0.5) is 10.3 Å². The highest BCUT2D eigenvalue weighted by Gasteiger charge is 2.43. The molecule has 0 aliphatic carbocycles. The molecule has 2 aliphatic heterocycles. The Morgan fingerprint density at radius 2 is 1.91 bits per heavy atom. The molecular weight excluding hydrogens is 431 g/mol. The van der Waals surface area contributed by atoms with Gasteiger partial charge >= 0.3 is 0 Å². The number of piperidine rings is 1. The van der Waals surface area contributed by atoms with Crippen LogP contribution >= 0.6 is 0 Å². The van der Waals surface area contributed by atoms with Crippen LogP contribution in [0.1, 0.15) is 55.6 Å². The van der Waals surface area contributed by atoms with Gasteiger partial charge in [-0.2, -0.15) is 0 Å². The van der Waals surface area contributed by atoms with Crippen molar-refractivity contribution >= 4 is 11.9 Å². The van der Waals surface area contributed by atoms with Crippen LogP contribution < -0.4 is 4.90 Å². The molecule has 2 saturated heterocycles. The predicted molar refractivity (Wildman–Crippen MR) is 127 cm³/mol. The maximum atomic E-state index is 13.7. The smallest absolute Gasteiger partial charge is 0.229 e. The van der Waals surface area contributed by atoms with Gasteiger partial charge in [0.2, 0.25) is 11.9 Å². The van der Waals surface area contributed by atoms with Gasteiger partial charge in [0.05, 0.1) is 23.6 Å². The summed E-state index contributed by atoms with van der Waals surface area (Å²) < 4.78 is 13.6. The van der Waals surface area contributed by atoms with Gasteiger partial charge in [-0.15, -0.1) is 0 Å². The molecule has 0 N–H and O–H groups in total. The minimum Gasteiger partial charge on any atom is -0.341 e. The summed E-state index contributed by atoms with van der Waals surface area (Å²) in [5, 5.41) is 0. The van der Waals surface area contributed by atoms with E-state index in [9.17, 15) is 9.18 Å². The van der Waals surface area contributed by atoms with Crippen molar-refractivity contribution < 1.29 is 9.18 Å². The van der Waals surface area contributed by atoms with Crippen LogP contribution in [0, 0.1) is 11.2 Å². The van der Waals surface area contributed by atoms with Gasteiger partial charge in [0.15, 0.2) is 0 Å². The Hall–Kier alpha value is -3.42. The Morgan fingerprint density at radius 3 is 2.68 bits per heavy atom. The number of halogens is 1. The SMILES string of the molecule is CC1(C(=O)N2CCCC2c2cncc(Cc3cccc(F)c3)n2)CCN(c2ncccn2)CC1. The molecule has 2 aromatic heterocycles. The number of rotatable bonds is 5. The van der Waals surface area contributed by atoms with E-state index in [0.29, 0.717) is 6.42 Å². The van der Waals surface area contributed by atoms with Crippen LogP contribution in [0.15, 0.2) is 55.1 Å². The van der Waals surface area contributed by atoms with Crippen molar-refractivity contribution in [3.63, 3.8) is 0 Å². The van der Waals surface area contributed by atoms with Crippen molar-refractivity contribution in [2.45, 2.75) is 45.1 Å². The number of anilines is 1. The Kier molecular flexibility index (Phi) is 6.22. The largest absolute Gasteiger partial charge is 0.341 e. The highest BCUT2D eigenvalue weighted by atomic mass is 19.1.